The highest BCUT2D eigenvalue weighted by Crippen LogP contribution is 2.27. The number of hydrogen-bond donors (Lipinski definition) is 0. The summed E-state index contributed by atoms with van der Waals surface area (Å²) in [5.74, 6) is -0.803. The number of ether oxygens (including phenoxy) is 3. The molecule has 1 aliphatic rings. The molecule has 2 aromatic carbocycles. The predicted molar refractivity (Wildman–Crippen MR) is 106 cm³/mol. The minimum absolute atomic E-state index is 0.0623. The molecule has 0 radical (unpaired) electrons. The molecule has 1 aliphatic heterocycles. The Labute approximate surface area is 169 Å². The molecule has 3 rings (SSSR count). The number of carbonyl (C=O) groups is 3. The van der Waals surface area contributed by atoms with Gasteiger partial charge in [-0.25, -0.2) is 0 Å². The molecular weight excluding hydrogens is 374 g/mol. The second-order valence-electron chi connectivity index (χ2n) is 6.84. The van der Waals surface area contributed by atoms with Crippen LogP contribution < -0.4 is 14.4 Å². The highest BCUT2D eigenvalue weighted by molar-refractivity contribution is 6.02. The summed E-state index contributed by atoms with van der Waals surface area (Å²) in [6.45, 7) is 1.78. The van der Waals surface area contributed by atoms with Gasteiger partial charge in [-0.05, 0) is 31.2 Å². The van der Waals surface area contributed by atoms with Crippen molar-refractivity contribution in [3.05, 3.63) is 53.6 Å². The van der Waals surface area contributed by atoms with Gasteiger partial charge in [-0.3, -0.25) is 14.4 Å². The first-order valence-electron chi connectivity index (χ1n) is 9.22. The highest BCUT2D eigenvalue weighted by atomic mass is 16.5. The Morgan fingerprint density at radius 3 is 2.45 bits per heavy atom. The summed E-state index contributed by atoms with van der Waals surface area (Å²) in [5.41, 5.74) is 2.13. The molecule has 2 aromatic rings. The van der Waals surface area contributed by atoms with Crippen molar-refractivity contribution in [2.75, 3.05) is 32.3 Å². The Balaban J connectivity index is 1.60. The van der Waals surface area contributed by atoms with Crippen molar-refractivity contribution in [3.63, 3.8) is 0 Å². The number of ketones is 1. The van der Waals surface area contributed by atoms with Gasteiger partial charge in [0.05, 0.1) is 25.7 Å². The number of carbonyl (C=O) groups excluding carboxylic acids is 3. The Morgan fingerprint density at radius 2 is 1.79 bits per heavy atom. The number of esters is 1. The van der Waals surface area contributed by atoms with Gasteiger partial charge >= 0.3 is 5.97 Å². The highest BCUT2D eigenvalue weighted by Gasteiger charge is 2.36. The number of nitrogens with zero attached hydrogens (tertiary/aromatic N) is 1. The van der Waals surface area contributed by atoms with E-state index in [0.29, 0.717) is 17.1 Å². The van der Waals surface area contributed by atoms with Crippen molar-refractivity contribution in [3.8, 4) is 11.5 Å². The Morgan fingerprint density at radius 1 is 1.07 bits per heavy atom. The SMILES string of the molecule is COc1ccc(C(=O)COC(=O)[C@@H]2CC(=O)N(c3ccc(C)cc3)C2)c(OC)c1. The summed E-state index contributed by atoms with van der Waals surface area (Å²) in [5, 5.41) is 0. The minimum atomic E-state index is -0.602. The molecule has 0 saturated carbocycles. The molecule has 0 aliphatic carbocycles. The van der Waals surface area contributed by atoms with E-state index >= 15 is 0 Å². The zero-order chi connectivity index (χ0) is 21.0. The second kappa shape index (κ2) is 8.77. The first kappa shape index (κ1) is 20.4. The lowest BCUT2D eigenvalue weighted by Gasteiger charge is -2.16. The molecule has 1 atom stereocenters. The van der Waals surface area contributed by atoms with Crippen LogP contribution in [0.15, 0.2) is 42.5 Å². The van der Waals surface area contributed by atoms with Crippen molar-refractivity contribution in [2.24, 2.45) is 5.92 Å². The molecule has 0 bridgehead atoms. The van der Waals surface area contributed by atoms with Crippen molar-refractivity contribution in [1.29, 1.82) is 0 Å². The second-order valence-corrected chi connectivity index (χ2v) is 6.84. The Hall–Kier alpha value is -3.35. The smallest absolute Gasteiger partial charge is 0.311 e. The van der Waals surface area contributed by atoms with Crippen LogP contribution in [-0.2, 0) is 14.3 Å². The molecule has 7 nitrogen and oxygen atoms in total. The molecule has 1 amide bonds. The van der Waals surface area contributed by atoms with Crippen molar-refractivity contribution < 1.29 is 28.6 Å². The average molecular weight is 397 g/mol. The number of Topliss-reactive ketones (excluding diaryl/α,β-unsaturated/α-hetero) is 1. The van der Waals surface area contributed by atoms with E-state index in [1.54, 1.807) is 23.1 Å². The molecule has 1 fully saturated rings. The summed E-state index contributed by atoms with van der Waals surface area (Å²) in [7, 11) is 2.96. The molecule has 7 heteroatoms. The maximum absolute atomic E-state index is 12.5. The van der Waals surface area contributed by atoms with Crippen LogP contribution >= 0.6 is 0 Å². The summed E-state index contributed by atoms with van der Waals surface area (Å²) < 4.78 is 15.5. The van der Waals surface area contributed by atoms with E-state index in [4.69, 9.17) is 14.2 Å². The third kappa shape index (κ3) is 4.56. The van der Waals surface area contributed by atoms with Crippen LogP contribution in [0.2, 0.25) is 0 Å². The number of amides is 1. The Bertz CT molecular complexity index is 921. The molecular formula is C22H23NO6. The molecule has 0 unspecified atom stereocenters. The molecule has 1 saturated heterocycles. The summed E-state index contributed by atoms with van der Waals surface area (Å²) in [4.78, 5) is 38.7. The van der Waals surface area contributed by atoms with Gasteiger partial charge in [0, 0.05) is 24.7 Å². The van der Waals surface area contributed by atoms with Gasteiger partial charge in [0.15, 0.2) is 6.61 Å². The first-order valence-corrected chi connectivity index (χ1v) is 9.22. The first-order chi connectivity index (χ1) is 13.9. The largest absolute Gasteiger partial charge is 0.497 e. The third-order valence-corrected chi connectivity index (χ3v) is 4.86. The van der Waals surface area contributed by atoms with Crippen LogP contribution in [0.4, 0.5) is 5.69 Å². The molecule has 0 N–H and O–H groups in total. The van der Waals surface area contributed by atoms with Crippen molar-refractivity contribution >= 4 is 23.3 Å². The number of benzene rings is 2. The molecule has 29 heavy (non-hydrogen) atoms. The van der Waals surface area contributed by atoms with E-state index in [1.165, 1.54) is 14.2 Å². The van der Waals surface area contributed by atoms with Gasteiger partial charge in [-0.2, -0.15) is 0 Å². The van der Waals surface area contributed by atoms with Crippen LogP contribution in [0.25, 0.3) is 0 Å². The zero-order valence-electron chi connectivity index (χ0n) is 16.6. The minimum Gasteiger partial charge on any atom is -0.497 e. The lowest BCUT2D eigenvalue weighted by molar-refractivity contribution is -0.147. The fourth-order valence-corrected chi connectivity index (χ4v) is 3.20. The third-order valence-electron chi connectivity index (χ3n) is 4.86. The topological polar surface area (TPSA) is 82.1 Å². The van der Waals surface area contributed by atoms with E-state index in [0.717, 1.165) is 11.3 Å². The van der Waals surface area contributed by atoms with Gasteiger partial charge in [0.2, 0.25) is 11.7 Å². The van der Waals surface area contributed by atoms with E-state index in [-0.39, 0.29) is 18.9 Å². The quantitative estimate of drug-likeness (QED) is 0.528. The van der Waals surface area contributed by atoms with Gasteiger partial charge < -0.3 is 19.1 Å². The number of rotatable bonds is 7. The average Bonchev–Trinajstić information content (AvgIpc) is 3.13. The zero-order valence-corrected chi connectivity index (χ0v) is 16.6. The molecule has 1 heterocycles. The Kier molecular flexibility index (Phi) is 6.16. The summed E-state index contributed by atoms with van der Waals surface area (Å²) in [6, 6.07) is 12.3. The predicted octanol–water partition coefficient (Wildman–Crippen LogP) is 2.79. The van der Waals surface area contributed by atoms with Gasteiger partial charge in [0.25, 0.3) is 0 Å². The maximum Gasteiger partial charge on any atom is 0.311 e. The van der Waals surface area contributed by atoms with Crippen LogP contribution in [0.1, 0.15) is 22.3 Å². The standard InChI is InChI=1S/C22H23NO6/c1-14-4-6-16(7-5-14)23-12-15(10-21(23)25)22(26)29-13-19(24)18-9-8-17(27-2)11-20(18)28-3/h4-9,11,15H,10,12-13H2,1-3H3/t15-/m1/s1. The van der Waals surface area contributed by atoms with E-state index < -0.39 is 24.3 Å². The number of anilines is 1. The van der Waals surface area contributed by atoms with Crippen molar-refractivity contribution in [2.45, 2.75) is 13.3 Å². The summed E-state index contributed by atoms with van der Waals surface area (Å²) in [6.07, 6.45) is 0.0623. The van der Waals surface area contributed by atoms with E-state index in [1.807, 2.05) is 31.2 Å². The molecule has 0 aromatic heterocycles. The van der Waals surface area contributed by atoms with Crippen LogP contribution in [0.3, 0.4) is 0 Å². The van der Waals surface area contributed by atoms with Crippen molar-refractivity contribution in [1.82, 2.24) is 0 Å². The van der Waals surface area contributed by atoms with Crippen LogP contribution in [-0.4, -0.2) is 45.0 Å². The normalized spacial score (nSPS) is 15.9. The summed E-state index contributed by atoms with van der Waals surface area (Å²) >= 11 is 0. The van der Waals surface area contributed by atoms with Gasteiger partial charge in [-0.15, -0.1) is 0 Å². The fraction of sp³-hybridized carbons (Fsp3) is 0.318. The van der Waals surface area contributed by atoms with Gasteiger partial charge in [-0.1, -0.05) is 17.7 Å². The number of aryl methyl sites for hydroxylation is 1. The maximum atomic E-state index is 12.5. The van der Waals surface area contributed by atoms with E-state index in [9.17, 15) is 14.4 Å². The monoisotopic (exact) mass is 397 g/mol. The van der Waals surface area contributed by atoms with Crippen LogP contribution in [0.5, 0.6) is 11.5 Å². The van der Waals surface area contributed by atoms with Gasteiger partial charge in [0.1, 0.15) is 11.5 Å². The number of hydrogen-bond acceptors (Lipinski definition) is 6. The molecule has 0 spiro atoms. The number of methoxy groups -OCH3 is 2. The van der Waals surface area contributed by atoms with E-state index in [2.05, 4.69) is 0 Å². The lowest BCUT2D eigenvalue weighted by Crippen LogP contribution is -2.27. The molecule has 152 valence electrons. The fourth-order valence-electron chi connectivity index (χ4n) is 3.20. The lowest BCUT2D eigenvalue weighted by atomic mass is 10.1. The van der Waals surface area contributed by atoms with Crippen LogP contribution in [0, 0.1) is 12.8 Å².